The van der Waals surface area contributed by atoms with Crippen molar-refractivity contribution in [3.05, 3.63) is 90.0 Å². The third-order valence-corrected chi connectivity index (χ3v) is 6.72. The van der Waals surface area contributed by atoms with Crippen LogP contribution in [0, 0.1) is 16.7 Å². The van der Waals surface area contributed by atoms with Crippen LogP contribution in [0.5, 0.6) is 0 Å². The monoisotopic (exact) mass is 442 g/mol. The molecule has 1 aliphatic rings. The average Bonchev–Trinajstić information content (AvgIpc) is 2.95. The van der Waals surface area contributed by atoms with Gasteiger partial charge in [0.1, 0.15) is 0 Å². The van der Waals surface area contributed by atoms with Gasteiger partial charge >= 0.3 is 0 Å². The lowest BCUT2D eigenvalue weighted by Crippen LogP contribution is -2.11. The first kappa shape index (κ1) is 26.9. The van der Waals surface area contributed by atoms with Crippen LogP contribution in [0.4, 0.5) is 0 Å². The van der Waals surface area contributed by atoms with Gasteiger partial charge in [-0.25, -0.2) is 0 Å². The molecule has 0 N–H and O–H groups in total. The molecule has 2 aromatic rings. The van der Waals surface area contributed by atoms with Crippen molar-refractivity contribution in [3.63, 3.8) is 0 Å². The molecule has 0 amide bonds. The van der Waals surface area contributed by atoms with E-state index in [0.29, 0.717) is 0 Å². The molecule has 1 fully saturated rings. The molecule has 0 heterocycles. The van der Waals surface area contributed by atoms with Gasteiger partial charge in [0.2, 0.25) is 0 Å². The van der Waals surface area contributed by atoms with Crippen LogP contribution in [0.1, 0.15) is 86.6 Å². The molecule has 0 spiro atoms. The Morgan fingerprint density at radius 2 is 1.52 bits per heavy atom. The second kappa shape index (κ2) is 11.7. The highest BCUT2D eigenvalue weighted by Gasteiger charge is 2.44. The molecule has 2 aromatic carbocycles. The molecular weight excluding hydrogens is 396 g/mol. The van der Waals surface area contributed by atoms with Crippen molar-refractivity contribution < 1.29 is 0 Å². The molecule has 0 atom stereocenters. The van der Waals surface area contributed by atoms with Gasteiger partial charge < -0.3 is 0 Å². The lowest BCUT2D eigenvalue weighted by atomic mass is 9.83. The normalized spacial score (nSPS) is 18.9. The molecule has 1 aliphatic carbocycles. The van der Waals surface area contributed by atoms with E-state index in [0.717, 1.165) is 11.5 Å². The molecule has 178 valence electrons. The fourth-order valence-corrected chi connectivity index (χ4v) is 5.24. The summed E-state index contributed by atoms with van der Waals surface area (Å²) in [6.07, 6.45) is 9.91. The first-order valence-corrected chi connectivity index (χ1v) is 12.8. The first-order chi connectivity index (χ1) is 15.5. The van der Waals surface area contributed by atoms with Crippen LogP contribution >= 0.6 is 0 Å². The Morgan fingerprint density at radius 3 is 2.06 bits per heavy atom. The minimum atomic E-state index is 0.172. The van der Waals surface area contributed by atoms with E-state index in [1.165, 1.54) is 53.5 Å². The Balaban J connectivity index is 0.000000479. The highest BCUT2D eigenvalue weighted by atomic mass is 14.5. The number of unbranched alkanes of at least 4 members (excludes halogenated alkanes) is 1. The van der Waals surface area contributed by atoms with Crippen LogP contribution in [0.3, 0.4) is 0 Å². The Labute approximate surface area is 204 Å². The zero-order valence-corrected chi connectivity index (χ0v) is 22.5. The van der Waals surface area contributed by atoms with Crippen LogP contribution in [0.25, 0.3) is 16.7 Å². The van der Waals surface area contributed by atoms with Crippen molar-refractivity contribution in [1.29, 1.82) is 0 Å². The maximum Gasteiger partial charge on any atom is -0.00923 e. The second-order valence-corrected chi connectivity index (χ2v) is 11.2. The highest BCUT2D eigenvalue weighted by molar-refractivity contribution is 5.78. The topological polar surface area (TPSA) is 0 Å². The average molecular weight is 443 g/mol. The second-order valence-electron chi connectivity index (χ2n) is 11.2. The Bertz CT molecular complexity index is 964. The van der Waals surface area contributed by atoms with Crippen molar-refractivity contribution in [2.45, 2.75) is 81.1 Å². The van der Waals surface area contributed by atoms with E-state index in [9.17, 15) is 0 Å². The molecule has 0 unspecified atom stereocenters. The molecule has 3 rings (SSSR count). The minimum absolute atomic E-state index is 0.172. The third-order valence-electron chi connectivity index (χ3n) is 6.72. The quantitative estimate of drug-likeness (QED) is 0.417. The summed E-state index contributed by atoms with van der Waals surface area (Å²) in [6.45, 7) is 22.8. The van der Waals surface area contributed by atoms with Gasteiger partial charge in [-0.3, -0.25) is 0 Å². The van der Waals surface area contributed by atoms with Gasteiger partial charge in [0.25, 0.3) is 0 Å². The molecular formula is C33H46. The summed E-state index contributed by atoms with van der Waals surface area (Å²) in [4.78, 5) is 0. The summed E-state index contributed by atoms with van der Waals surface area (Å²) in [7, 11) is 0. The van der Waals surface area contributed by atoms with E-state index in [1.807, 2.05) is 0 Å². The van der Waals surface area contributed by atoms with Crippen LogP contribution < -0.4 is 0 Å². The number of rotatable bonds is 6. The van der Waals surface area contributed by atoms with Gasteiger partial charge in [-0.15, -0.1) is 0 Å². The molecule has 0 nitrogen and oxygen atoms in total. The zero-order chi connectivity index (χ0) is 24.6. The van der Waals surface area contributed by atoms with Gasteiger partial charge in [0.15, 0.2) is 0 Å². The lowest BCUT2D eigenvalue weighted by Gasteiger charge is -2.21. The van der Waals surface area contributed by atoms with E-state index < -0.39 is 0 Å². The summed E-state index contributed by atoms with van der Waals surface area (Å²) in [5.74, 6) is 0.903. The van der Waals surface area contributed by atoms with Gasteiger partial charge in [-0.2, -0.15) is 0 Å². The summed E-state index contributed by atoms with van der Waals surface area (Å²) in [6, 6.07) is 19.2. The molecule has 1 saturated carbocycles. The van der Waals surface area contributed by atoms with Gasteiger partial charge in [-0.05, 0) is 69.6 Å². The smallest absolute Gasteiger partial charge is 0.00923 e. The first-order valence-electron chi connectivity index (χ1n) is 12.8. The Morgan fingerprint density at radius 1 is 0.909 bits per heavy atom. The fourth-order valence-electron chi connectivity index (χ4n) is 5.24. The molecule has 0 aliphatic heterocycles. The van der Waals surface area contributed by atoms with Crippen molar-refractivity contribution in [2.24, 2.45) is 16.7 Å². The van der Waals surface area contributed by atoms with Crippen LogP contribution in [-0.4, -0.2) is 0 Å². The summed E-state index contributed by atoms with van der Waals surface area (Å²) < 4.78 is 0. The standard InChI is InChI=1S/C26H30.C7H16/c1-7-23-24(26(5,6)18-25(23,3)4)16-19(2)21-14-11-15-22(17-21)20-12-9-8-10-13-20;1-4-5-6-7(2)3/h7-17H,2,18H2,1,3-6H3;7H,4-6H2,1-3H3/b23-7+,24-16+;. The predicted octanol–water partition coefficient (Wildman–Crippen LogP) is 10.5. The van der Waals surface area contributed by atoms with E-state index >= 15 is 0 Å². The third kappa shape index (κ3) is 7.32. The van der Waals surface area contributed by atoms with Crippen molar-refractivity contribution in [3.8, 4) is 11.1 Å². The van der Waals surface area contributed by atoms with E-state index in [-0.39, 0.29) is 10.8 Å². The molecule has 33 heavy (non-hydrogen) atoms. The summed E-state index contributed by atoms with van der Waals surface area (Å²) in [5.41, 5.74) is 8.04. The summed E-state index contributed by atoms with van der Waals surface area (Å²) >= 11 is 0. The van der Waals surface area contributed by atoms with E-state index in [2.05, 4.69) is 129 Å². The maximum absolute atomic E-state index is 4.40. The molecule has 0 bridgehead atoms. The van der Waals surface area contributed by atoms with Crippen molar-refractivity contribution in [1.82, 2.24) is 0 Å². The van der Waals surface area contributed by atoms with Crippen LogP contribution in [0.2, 0.25) is 0 Å². The number of hydrogen-bond donors (Lipinski definition) is 0. The largest absolute Gasteiger partial charge is 0.0911 e. The van der Waals surface area contributed by atoms with Crippen LogP contribution in [-0.2, 0) is 0 Å². The molecule has 0 saturated heterocycles. The summed E-state index contributed by atoms with van der Waals surface area (Å²) in [5, 5.41) is 0. The number of hydrogen-bond acceptors (Lipinski definition) is 0. The molecule has 0 aromatic heterocycles. The predicted molar refractivity (Wildman–Crippen MR) is 149 cm³/mol. The SMILES string of the molecule is C=C(/C=C1\C(=C/C)C(C)(C)CC1(C)C)c1cccc(-c2ccccc2)c1.CCCCC(C)C. The lowest BCUT2D eigenvalue weighted by molar-refractivity contribution is 0.338. The maximum atomic E-state index is 4.40. The minimum Gasteiger partial charge on any atom is -0.0911 e. The number of allylic oxidation sites excluding steroid dienone is 5. The van der Waals surface area contributed by atoms with Gasteiger partial charge in [-0.1, -0.05) is 135 Å². The van der Waals surface area contributed by atoms with E-state index in [4.69, 9.17) is 0 Å². The fraction of sp³-hybridized carbons (Fsp3) is 0.455. The highest BCUT2D eigenvalue weighted by Crippen LogP contribution is 2.56. The Hall–Kier alpha value is -2.34. The molecule has 0 heteroatoms. The van der Waals surface area contributed by atoms with Crippen molar-refractivity contribution >= 4 is 5.57 Å². The van der Waals surface area contributed by atoms with E-state index in [1.54, 1.807) is 0 Å². The zero-order valence-electron chi connectivity index (χ0n) is 22.5. The van der Waals surface area contributed by atoms with Crippen molar-refractivity contribution in [2.75, 3.05) is 0 Å². The molecule has 0 radical (unpaired) electrons. The Kier molecular flexibility index (Phi) is 9.53. The van der Waals surface area contributed by atoms with Crippen LogP contribution in [0.15, 0.2) is 84.5 Å². The number of benzene rings is 2. The van der Waals surface area contributed by atoms with Gasteiger partial charge in [0, 0.05) is 0 Å². The van der Waals surface area contributed by atoms with Gasteiger partial charge in [0.05, 0.1) is 0 Å².